The van der Waals surface area contributed by atoms with Crippen molar-refractivity contribution in [2.45, 2.75) is 577 Å². The Morgan fingerprint density at radius 3 is 0.700 bits per heavy atom. The molecule has 0 saturated heterocycles. The minimum Gasteiger partial charge on any atom is -0.349 e. The van der Waals surface area contributed by atoms with E-state index in [1.807, 2.05) is 59.1 Å². The smallest absolute Gasteiger partial charge is 0.0954 e. The molecule has 0 aliphatic heterocycles. The summed E-state index contributed by atoms with van der Waals surface area (Å²) in [5.74, 6) is 0. The van der Waals surface area contributed by atoms with E-state index in [1.165, 1.54) is 66.9 Å². The van der Waals surface area contributed by atoms with Crippen LogP contribution in [0.25, 0.3) is 0 Å². The van der Waals surface area contributed by atoms with E-state index in [1.54, 1.807) is 0 Å². The lowest BCUT2D eigenvalue weighted by molar-refractivity contribution is 0.346. The highest BCUT2D eigenvalue weighted by atomic mass is 15.4. The molecule has 14 heteroatoms. The van der Waals surface area contributed by atoms with E-state index in [0.717, 1.165) is 34.2 Å². The molecule has 0 bridgehead atoms. The maximum absolute atomic E-state index is 4.52. The van der Waals surface area contributed by atoms with Gasteiger partial charge >= 0.3 is 0 Å². The van der Waals surface area contributed by atoms with Gasteiger partial charge in [0.2, 0.25) is 0 Å². The molecule has 0 fully saturated rings. The molecule has 9 aromatic heterocycles. The van der Waals surface area contributed by atoms with Gasteiger partial charge in [-0.15, -0.1) is 5.10 Å². The molecule has 0 unspecified atom stereocenters. The largest absolute Gasteiger partial charge is 0.349 e. The van der Waals surface area contributed by atoms with Crippen LogP contribution in [0, 0.1) is 0 Å². The molecule has 0 saturated carbocycles. The molecule has 0 N–H and O–H groups in total. The number of rotatable bonds is 0. The van der Waals surface area contributed by atoms with Crippen LogP contribution in [0.4, 0.5) is 0 Å². The lowest BCUT2D eigenvalue weighted by Crippen LogP contribution is -2.22. The first-order chi connectivity index (χ1) is 66.3. The summed E-state index contributed by atoms with van der Waals surface area (Å²) in [4.78, 5) is 22.2. The van der Waals surface area contributed by atoms with Gasteiger partial charge in [0.1, 0.15) is 0 Å². The van der Waals surface area contributed by atoms with Crippen molar-refractivity contribution in [2.24, 2.45) is 0 Å². The number of aromatic nitrogens is 14. The average Bonchev–Trinajstić information content (AvgIpc) is 1.35. The maximum atomic E-state index is 4.52. The van der Waals surface area contributed by atoms with Gasteiger partial charge in [0.15, 0.2) is 0 Å². The first kappa shape index (κ1) is 139. The van der Waals surface area contributed by atoms with Gasteiger partial charge in [-0.1, -0.05) is 446 Å². The molecule has 9 heterocycles. The van der Waals surface area contributed by atoms with Gasteiger partial charge < -0.3 is 9.13 Å². The predicted molar refractivity (Wildman–Crippen MR) is 657 cm³/mol. The van der Waals surface area contributed by atoms with Gasteiger partial charge in [-0.3, -0.25) is 24.6 Å². The van der Waals surface area contributed by atoms with Crippen molar-refractivity contribution in [3.63, 3.8) is 0 Å². The Bertz CT molecular complexity index is 4740. The minimum absolute atomic E-state index is 0.0243. The summed E-state index contributed by atoms with van der Waals surface area (Å²) in [7, 11) is 0. The van der Waals surface area contributed by atoms with Crippen LogP contribution in [0.3, 0.4) is 0 Å². The Kier molecular flexibility index (Phi) is 47.8. The third kappa shape index (κ3) is 50.5. The molecule has 11 rings (SSSR count). The molecular formula is C136H228N14. The number of hydrogen-bond acceptors (Lipinski definition) is 10. The quantitative estimate of drug-likeness (QED) is 0.144. The van der Waals surface area contributed by atoms with E-state index in [-0.39, 0.29) is 120 Å². The van der Waals surface area contributed by atoms with Crippen molar-refractivity contribution in [1.82, 2.24) is 69.0 Å². The molecule has 11 aromatic rings. The molecular weight excluding hydrogens is 1830 g/mol. The number of benzene rings is 2. The van der Waals surface area contributed by atoms with Crippen LogP contribution in [-0.2, 0) is 120 Å². The van der Waals surface area contributed by atoms with Gasteiger partial charge in [0.05, 0.1) is 46.4 Å². The van der Waals surface area contributed by atoms with Crippen molar-refractivity contribution in [1.29, 1.82) is 0 Å². The lowest BCUT2D eigenvalue weighted by Gasteiger charge is -2.24. The van der Waals surface area contributed by atoms with Crippen molar-refractivity contribution in [3.8, 4) is 0 Å². The first-order valence-electron chi connectivity index (χ1n) is 55.5. The fourth-order valence-corrected chi connectivity index (χ4v) is 13.5. The Balaban J connectivity index is 0.000000825. The van der Waals surface area contributed by atoms with Gasteiger partial charge in [0.25, 0.3) is 0 Å². The molecule has 2 aromatic carbocycles. The second kappa shape index (κ2) is 51.6. The minimum atomic E-state index is 0.0243. The van der Waals surface area contributed by atoms with Crippen LogP contribution in [0.15, 0.2) is 184 Å². The van der Waals surface area contributed by atoms with Crippen molar-refractivity contribution < 1.29 is 0 Å². The third-order valence-electron chi connectivity index (χ3n) is 25.6. The van der Waals surface area contributed by atoms with E-state index >= 15 is 0 Å². The summed E-state index contributed by atoms with van der Waals surface area (Å²) >= 11 is 0. The highest BCUT2D eigenvalue weighted by Crippen LogP contribution is 2.37. The second-order valence-corrected chi connectivity index (χ2v) is 64.1. The molecule has 0 atom stereocenters. The van der Waals surface area contributed by atoms with E-state index in [4.69, 9.17) is 0 Å². The van der Waals surface area contributed by atoms with E-state index in [2.05, 4.69) is 651 Å². The van der Waals surface area contributed by atoms with Crippen molar-refractivity contribution >= 4 is 0 Å². The maximum Gasteiger partial charge on any atom is 0.0954 e. The van der Waals surface area contributed by atoms with Crippen LogP contribution >= 0.6 is 0 Å². The zero-order valence-corrected chi connectivity index (χ0v) is 110. The molecule has 150 heavy (non-hydrogen) atoms. The Labute approximate surface area is 924 Å². The highest BCUT2D eigenvalue weighted by Gasteiger charge is 2.31. The normalized spacial score (nSPS) is 13.1. The van der Waals surface area contributed by atoms with Gasteiger partial charge in [0, 0.05) is 128 Å². The summed E-state index contributed by atoms with van der Waals surface area (Å²) in [6, 6.07) is 39.6. The van der Waals surface area contributed by atoms with Crippen LogP contribution in [-0.4, -0.2) is 69.0 Å². The zero-order chi connectivity index (χ0) is 118. The predicted octanol–water partition coefficient (Wildman–Crippen LogP) is 38.1. The fourth-order valence-electron chi connectivity index (χ4n) is 13.5. The van der Waals surface area contributed by atoms with E-state index in [9.17, 15) is 0 Å². The van der Waals surface area contributed by atoms with Gasteiger partial charge in [-0.05, 0) is 246 Å². The number of imidazole rings is 1. The molecule has 0 aliphatic carbocycles. The molecule has 0 radical (unpaired) electrons. The molecule has 14 nitrogen and oxygen atoms in total. The summed E-state index contributed by atoms with van der Waals surface area (Å²) in [5.41, 5.74) is 26.5. The van der Waals surface area contributed by atoms with Crippen LogP contribution in [0.2, 0.25) is 0 Å². The van der Waals surface area contributed by atoms with E-state index in [0.29, 0.717) is 0 Å². The summed E-state index contributed by atoms with van der Waals surface area (Å²) in [6.07, 6.45) is 24.5. The molecule has 0 amide bonds. The second-order valence-electron chi connectivity index (χ2n) is 64.1. The molecule has 0 spiro atoms. The Morgan fingerprint density at radius 2 is 0.473 bits per heavy atom. The van der Waals surface area contributed by atoms with Crippen LogP contribution < -0.4 is 0 Å². The number of pyridine rings is 4. The standard InChI is InChI=1S/2C14H22.4C13H21N.C12H20N2.C12H21N.2C11H20N2.C10H19N3/c1-13(2,3)11-7-9-12(10-8-11)14(4,5)6;1-13(2,3)11-8-7-9-12(10-11)14(4,5)6;1-12(2,3)10-7-11(9-14-8-10)13(4,5)6;1-12(2,3)10-7-8-14-11(9-10)13(4,5)6;2*1-12(2,3)10-7-8-11(14-9-10)13(4,5)6;1-11(2,3)9-7-8-10(14-13-9)12(4,5)6;1-11(2,3)10-7-8-13(9-10)12(4,5)6;1-10(2,3)9-7-13(8-12-9)11(4,5)6;1-10(2,3)9-7-12-13(8-9)11(4,5)6;1-9(2,3)8-7-13(12-11-8)10(4,5)6/h2*7-10H,1-6H3;4*7-9H,1-6H3;7-8H,1-6H3;7-9H,1-6H3;2*7-8H,1-6H3;7H,1-6H3. The Hall–Kier alpha value is -9.04. The van der Waals surface area contributed by atoms with E-state index < -0.39 is 0 Å². The Morgan fingerprint density at radius 1 is 0.173 bits per heavy atom. The third-order valence-corrected chi connectivity index (χ3v) is 25.6. The summed E-state index contributed by atoms with van der Waals surface area (Å²) in [6.45, 7) is 145. The average molecular weight is 2060 g/mol. The summed E-state index contributed by atoms with van der Waals surface area (Å²) < 4.78 is 8.36. The number of hydrogen-bond donors (Lipinski definition) is 0. The highest BCUT2D eigenvalue weighted by molar-refractivity contribution is 5.36. The molecule has 0 aliphatic rings. The zero-order valence-electron chi connectivity index (χ0n) is 110. The topological polar surface area (TPSA) is 149 Å². The SMILES string of the molecule is CC(C)(C)c1ccc(C(C)(C)C)cc1.CC(C)(C)c1ccc(C(C)(C)C)nc1.CC(C)(C)c1ccc(C(C)(C)C)nc1.CC(C)(C)c1ccc(C(C)(C)C)nn1.CC(C)(C)c1cccc(C(C)(C)C)c1.CC(C)(C)c1ccn(C(C)(C)C)c1.CC(C)(C)c1ccnc(C(C)(C)C)c1.CC(C)(C)c1cn(C(C)(C)C)cn1.CC(C)(C)c1cn(C(C)(C)C)nn1.CC(C)(C)c1cncc(C(C)(C)C)c1.CC(C)(C)c1cnn(C(C)(C)C)c1. The van der Waals surface area contributed by atoms with Crippen LogP contribution in [0.1, 0.15) is 558 Å². The van der Waals surface area contributed by atoms with Gasteiger partial charge in [-0.25, -0.2) is 9.67 Å². The molecule has 842 valence electrons. The van der Waals surface area contributed by atoms with Gasteiger partial charge in [-0.2, -0.15) is 15.3 Å². The lowest BCUT2D eigenvalue weighted by atomic mass is 9.81. The fraction of sp³-hybridized carbons (Fsp3) is 0.647. The number of nitrogens with zero attached hydrogens (tertiary/aromatic N) is 14. The monoisotopic (exact) mass is 2060 g/mol. The van der Waals surface area contributed by atoms with Crippen LogP contribution in [0.5, 0.6) is 0 Å². The van der Waals surface area contributed by atoms with Crippen molar-refractivity contribution in [3.05, 3.63) is 285 Å². The first-order valence-corrected chi connectivity index (χ1v) is 55.5. The summed E-state index contributed by atoms with van der Waals surface area (Å²) in [5, 5.41) is 21.2. The van der Waals surface area contributed by atoms with Crippen molar-refractivity contribution in [2.75, 3.05) is 0 Å².